The molecule has 0 radical (unpaired) electrons. The van der Waals surface area contributed by atoms with E-state index in [1.165, 1.54) is 5.56 Å². The topological polar surface area (TPSA) is 3.24 Å². The van der Waals surface area contributed by atoms with Gasteiger partial charge in [-0.3, -0.25) is 4.90 Å². The summed E-state index contributed by atoms with van der Waals surface area (Å²) in [6, 6.07) is 11.1. The van der Waals surface area contributed by atoms with E-state index in [1.807, 2.05) is 0 Å². The first kappa shape index (κ1) is 10.0. The Hall–Kier alpha value is -0.530. The second kappa shape index (κ2) is 4.33. The zero-order chi connectivity index (χ0) is 9.97. The summed E-state index contributed by atoms with van der Waals surface area (Å²) in [5.74, 6) is 0. The molecule has 2 rings (SSSR count). The Morgan fingerprint density at radius 1 is 1.36 bits per heavy atom. The summed E-state index contributed by atoms with van der Waals surface area (Å²) < 4.78 is 0. The molecule has 0 aliphatic carbocycles. The maximum Gasteiger partial charge on any atom is 0.0475 e. The highest BCUT2D eigenvalue weighted by Crippen LogP contribution is 2.26. The lowest BCUT2D eigenvalue weighted by atomic mass is 10.1. The van der Waals surface area contributed by atoms with Gasteiger partial charge in [0.2, 0.25) is 0 Å². The molecular formula is C12H16ClN. The highest BCUT2D eigenvalue weighted by Gasteiger charge is 2.24. The average molecular weight is 210 g/mol. The second-order valence-electron chi connectivity index (χ2n) is 3.97. The number of alkyl halides is 1. The summed E-state index contributed by atoms with van der Waals surface area (Å²) in [5, 5.41) is 0.348. The smallest absolute Gasteiger partial charge is 0.0475 e. The van der Waals surface area contributed by atoms with E-state index in [0.717, 1.165) is 19.5 Å². The van der Waals surface area contributed by atoms with E-state index >= 15 is 0 Å². The van der Waals surface area contributed by atoms with Crippen LogP contribution in [0.5, 0.6) is 0 Å². The summed E-state index contributed by atoms with van der Waals surface area (Å²) in [6.45, 7) is 4.41. The molecule has 1 aliphatic rings. The van der Waals surface area contributed by atoms with E-state index in [0.29, 0.717) is 11.4 Å². The minimum absolute atomic E-state index is 0.348. The largest absolute Gasteiger partial charge is 0.295 e. The van der Waals surface area contributed by atoms with Crippen LogP contribution in [0.4, 0.5) is 0 Å². The predicted molar refractivity (Wildman–Crippen MR) is 60.7 cm³/mol. The van der Waals surface area contributed by atoms with Crippen molar-refractivity contribution >= 4 is 11.6 Å². The van der Waals surface area contributed by atoms with Crippen molar-refractivity contribution in [2.24, 2.45) is 0 Å². The van der Waals surface area contributed by atoms with Crippen molar-refractivity contribution in [3.05, 3.63) is 35.9 Å². The summed E-state index contributed by atoms with van der Waals surface area (Å²) in [4.78, 5) is 2.45. The van der Waals surface area contributed by atoms with Gasteiger partial charge in [-0.15, -0.1) is 11.6 Å². The van der Waals surface area contributed by atoms with Crippen LogP contribution in [0.1, 0.15) is 24.9 Å². The lowest BCUT2D eigenvalue weighted by Gasteiger charge is -2.24. The maximum absolute atomic E-state index is 6.10. The van der Waals surface area contributed by atoms with E-state index in [9.17, 15) is 0 Å². The SMILES string of the molecule is CC(c1ccccc1)N1CCC(Cl)C1. The Morgan fingerprint density at radius 3 is 2.64 bits per heavy atom. The monoisotopic (exact) mass is 209 g/mol. The van der Waals surface area contributed by atoms with Crippen molar-refractivity contribution < 1.29 is 0 Å². The number of hydrogen-bond acceptors (Lipinski definition) is 1. The first-order valence-electron chi connectivity index (χ1n) is 5.20. The van der Waals surface area contributed by atoms with Crippen LogP contribution in [-0.4, -0.2) is 23.4 Å². The molecular weight excluding hydrogens is 194 g/mol. The molecule has 76 valence electrons. The van der Waals surface area contributed by atoms with Gasteiger partial charge in [0.25, 0.3) is 0 Å². The minimum atomic E-state index is 0.348. The van der Waals surface area contributed by atoms with Gasteiger partial charge in [-0.05, 0) is 18.9 Å². The van der Waals surface area contributed by atoms with Gasteiger partial charge < -0.3 is 0 Å². The molecule has 2 unspecified atom stereocenters. The Morgan fingerprint density at radius 2 is 2.07 bits per heavy atom. The Kier molecular flexibility index (Phi) is 3.09. The number of nitrogens with zero attached hydrogens (tertiary/aromatic N) is 1. The molecule has 2 heteroatoms. The number of hydrogen-bond donors (Lipinski definition) is 0. The average Bonchev–Trinajstić information content (AvgIpc) is 2.65. The van der Waals surface area contributed by atoms with Crippen molar-refractivity contribution in [2.45, 2.75) is 24.8 Å². The standard InChI is InChI=1S/C12H16ClN/c1-10(11-5-3-2-4-6-11)14-8-7-12(13)9-14/h2-6,10,12H,7-9H2,1H3. The highest BCUT2D eigenvalue weighted by molar-refractivity contribution is 6.20. The first-order valence-corrected chi connectivity index (χ1v) is 5.64. The highest BCUT2D eigenvalue weighted by atomic mass is 35.5. The van der Waals surface area contributed by atoms with E-state index in [-0.39, 0.29) is 0 Å². The Labute approximate surface area is 90.7 Å². The van der Waals surface area contributed by atoms with Gasteiger partial charge in [0.15, 0.2) is 0 Å². The molecule has 0 spiro atoms. The van der Waals surface area contributed by atoms with Gasteiger partial charge in [-0.1, -0.05) is 30.3 Å². The zero-order valence-electron chi connectivity index (χ0n) is 8.49. The molecule has 0 N–H and O–H groups in total. The number of halogens is 1. The molecule has 0 bridgehead atoms. The van der Waals surface area contributed by atoms with Crippen molar-refractivity contribution in [1.82, 2.24) is 4.90 Å². The fraction of sp³-hybridized carbons (Fsp3) is 0.500. The Bertz CT molecular complexity index is 286. The van der Waals surface area contributed by atoms with Crippen molar-refractivity contribution in [3.63, 3.8) is 0 Å². The van der Waals surface area contributed by atoms with E-state index in [4.69, 9.17) is 11.6 Å². The van der Waals surface area contributed by atoms with Crippen molar-refractivity contribution in [1.29, 1.82) is 0 Å². The van der Waals surface area contributed by atoms with Crippen LogP contribution in [-0.2, 0) is 0 Å². The van der Waals surface area contributed by atoms with Gasteiger partial charge >= 0.3 is 0 Å². The van der Waals surface area contributed by atoms with Gasteiger partial charge in [0.1, 0.15) is 0 Å². The lowest BCUT2D eigenvalue weighted by Crippen LogP contribution is -2.24. The second-order valence-corrected chi connectivity index (χ2v) is 4.58. The van der Waals surface area contributed by atoms with Gasteiger partial charge in [-0.2, -0.15) is 0 Å². The van der Waals surface area contributed by atoms with Crippen LogP contribution in [0.2, 0.25) is 0 Å². The van der Waals surface area contributed by atoms with Crippen molar-refractivity contribution in [2.75, 3.05) is 13.1 Å². The quantitative estimate of drug-likeness (QED) is 0.677. The summed E-state index contributed by atoms with van der Waals surface area (Å²) in [6.07, 6.45) is 1.12. The molecule has 1 nitrogen and oxygen atoms in total. The maximum atomic E-state index is 6.10. The number of benzene rings is 1. The third-order valence-corrected chi connectivity index (χ3v) is 3.35. The van der Waals surface area contributed by atoms with E-state index in [1.54, 1.807) is 0 Å². The molecule has 1 fully saturated rings. The third-order valence-electron chi connectivity index (χ3n) is 2.99. The molecule has 2 atom stereocenters. The van der Waals surface area contributed by atoms with Crippen LogP contribution in [0, 0.1) is 0 Å². The fourth-order valence-corrected chi connectivity index (χ4v) is 2.31. The molecule has 0 amide bonds. The normalized spacial score (nSPS) is 25.1. The van der Waals surface area contributed by atoms with Gasteiger partial charge in [0.05, 0.1) is 0 Å². The number of rotatable bonds is 2. The first-order chi connectivity index (χ1) is 6.77. The summed E-state index contributed by atoms with van der Waals surface area (Å²) in [7, 11) is 0. The van der Waals surface area contributed by atoms with Crippen LogP contribution in [0.3, 0.4) is 0 Å². The molecule has 0 aromatic heterocycles. The molecule has 1 aromatic carbocycles. The van der Waals surface area contributed by atoms with Gasteiger partial charge in [-0.25, -0.2) is 0 Å². The van der Waals surface area contributed by atoms with Crippen LogP contribution < -0.4 is 0 Å². The van der Waals surface area contributed by atoms with Gasteiger partial charge in [0, 0.05) is 24.5 Å². The number of likely N-dealkylation sites (tertiary alicyclic amines) is 1. The summed E-state index contributed by atoms with van der Waals surface area (Å²) >= 11 is 6.10. The lowest BCUT2D eigenvalue weighted by molar-refractivity contribution is 0.263. The molecule has 1 saturated heterocycles. The van der Waals surface area contributed by atoms with E-state index in [2.05, 4.69) is 42.2 Å². The predicted octanol–water partition coefficient (Wildman–Crippen LogP) is 3.06. The molecule has 0 saturated carbocycles. The zero-order valence-corrected chi connectivity index (χ0v) is 9.24. The molecule has 1 aromatic rings. The van der Waals surface area contributed by atoms with Crippen LogP contribution in [0.15, 0.2) is 30.3 Å². The van der Waals surface area contributed by atoms with Crippen LogP contribution in [0.25, 0.3) is 0 Å². The Balaban J connectivity index is 2.05. The molecule has 1 aliphatic heterocycles. The van der Waals surface area contributed by atoms with E-state index < -0.39 is 0 Å². The van der Waals surface area contributed by atoms with Crippen molar-refractivity contribution in [3.8, 4) is 0 Å². The fourth-order valence-electron chi connectivity index (χ4n) is 2.04. The molecule has 14 heavy (non-hydrogen) atoms. The minimum Gasteiger partial charge on any atom is -0.295 e. The summed E-state index contributed by atoms with van der Waals surface area (Å²) in [5.41, 5.74) is 1.39. The third kappa shape index (κ3) is 2.10. The van der Waals surface area contributed by atoms with Crippen LogP contribution >= 0.6 is 11.6 Å². The molecule has 1 heterocycles.